The summed E-state index contributed by atoms with van der Waals surface area (Å²) >= 11 is 0. The SMILES string of the molecule is c1ncn(CC2CCCN(Cc3nc(C4CC4)no3)C2)n1. The van der Waals surface area contributed by atoms with E-state index in [1.54, 1.807) is 12.7 Å². The first-order valence-corrected chi connectivity index (χ1v) is 7.74. The second-order valence-corrected chi connectivity index (χ2v) is 6.18. The zero-order valence-electron chi connectivity index (χ0n) is 12.1. The van der Waals surface area contributed by atoms with Crippen LogP contribution in [0.15, 0.2) is 17.2 Å². The Labute approximate surface area is 123 Å². The third kappa shape index (κ3) is 3.12. The van der Waals surface area contributed by atoms with Crippen molar-refractivity contribution in [2.75, 3.05) is 13.1 Å². The van der Waals surface area contributed by atoms with Crippen LogP contribution in [0.1, 0.15) is 43.3 Å². The predicted octanol–water partition coefficient (Wildman–Crippen LogP) is 1.45. The molecule has 0 aromatic carbocycles. The molecular formula is C14H20N6O. The highest BCUT2D eigenvalue weighted by Gasteiger charge is 2.29. The molecule has 1 atom stereocenters. The van der Waals surface area contributed by atoms with Gasteiger partial charge in [0, 0.05) is 19.0 Å². The Bertz CT molecular complexity index is 576. The van der Waals surface area contributed by atoms with E-state index >= 15 is 0 Å². The molecule has 3 heterocycles. The van der Waals surface area contributed by atoms with Gasteiger partial charge in [0.25, 0.3) is 0 Å². The molecule has 4 rings (SSSR count). The van der Waals surface area contributed by atoms with Gasteiger partial charge >= 0.3 is 0 Å². The molecule has 1 aliphatic heterocycles. The van der Waals surface area contributed by atoms with Gasteiger partial charge < -0.3 is 4.52 Å². The van der Waals surface area contributed by atoms with Crippen LogP contribution in [0.5, 0.6) is 0 Å². The molecule has 7 heteroatoms. The molecule has 2 aromatic rings. The minimum Gasteiger partial charge on any atom is -0.338 e. The molecule has 1 saturated heterocycles. The van der Waals surface area contributed by atoms with Crippen molar-refractivity contribution in [2.24, 2.45) is 5.92 Å². The van der Waals surface area contributed by atoms with Crippen LogP contribution in [0.25, 0.3) is 0 Å². The van der Waals surface area contributed by atoms with E-state index in [4.69, 9.17) is 4.52 Å². The summed E-state index contributed by atoms with van der Waals surface area (Å²) in [5, 5.41) is 8.28. The fourth-order valence-corrected chi connectivity index (χ4v) is 3.07. The van der Waals surface area contributed by atoms with Crippen molar-refractivity contribution in [1.29, 1.82) is 0 Å². The number of piperidine rings is 1. The molecule has 0 amide bonds. The standard InChI is InChI=1S/C14H20N6O/c1-2-11(7-20-10-15-9-16-20)6-19(5-1)8-13-17-14(18-21-13)12-3-4-12/h9-12H,1-8H2. The van der Waals surface area contributed by atoms with Crippen LogP contribution in [0.3, 0.4) is 0 Å². The second kappa shape index (κ2) is 5.55. The fourth-order valence-electron chi connectivity index (χ4n) is 3.07. The molecule has 0 N–H and O–H groups in total. The van der Waals surface area contributed by atoms with Crippen LogP contribution in [0.4, 0.5) is 0 Å². The van der Waals surface area contributed by atoms with Crippen molar-refractivity contribution < 1.29 is 4.52 Å². The Morgan fingerprint density at radius 1 is 1.29 bits per heavy atom. The molecule has 2 aliphatic rings. The first-order valence-electron chi connectivity index (χ1n) is 7.74. The van der Waals surface area contributed by atoms with E-state index < -0.39 is 0 Å². The van der Waals surface area contributed by atoms with Crippen LogP contribution in [-0.2, 0) is 13.1 Å². The summed E-state index contributed by atoms with van der Waals surface area (Å²) in [6.07, 6.45) is 8.26. The van der Waals surface area contributed by atoms with Gasteiger partial charge in [0.05, 0.1) is 6.54 Å². The minimum atomic E-state index is 0.559. The number of rotatable bonds is 5. The zero-order valence-corrected chi connectivity index (χ0v) is 12.1. The molecule has 2 aromatic heterocycles. The average Bonchev–Trinajstić information content (AvgIpc) is 3.02. The van der Waals surface area contributed by atoms with Gasteiger partial charge in [0.1, 0.15) is 12.7 Å². The Balaban J connectivity index is 1.33. The van der Waals surface area contributed by atoms with Crippen molar-refractivity contribution >= 4 is 0 Å². The molecule has 0 spiro atoms. The molecule has 1 aliphatic carbocycles. The van der Waals surface area contributed by atoms with E-state index in [-0.39, 0.29) is 0 Å². The lowest BCUT2D eigenvalue weighted by Crippen LogP contribution is -2.36. The van der Waals surface area contributed by atoms with E-state index in [0.717, 1.165) is 37.9 Å². The lowest BCUT2D eigenvalue weighted by molar-refractivity contribution is 0.138. The fraction of sp³-hybridized carbons (Fsp3) is 0.714. The number of hydrogen-bond acceptors (Lipinski definition) is 6. The third-order valence-electron chi connectivity index (χ3n) is 4.30. The molecule has 0 radical (unpaired) electrons. The van der Waals surface area contributed by atoms with Crippen molar-refractivity contribution in [3.63, 3.8) is 0 Å². The van der Waals surface area contributed by atoms with Crippen LogP contribution in [0, 0.1) is 5.92 Å². The van der Waals surface area contributed by atoms with Gasteiger partial charge in [0.15, 0.2) is 5.82 Å². The van der Waals surface area contributed by atoms with Crippen molar-refractivity contribution in [2.45, 2.75) is 44.7 Å². The molecule has 112 valence electrons. The smallest absolute Gasteiger partial charge is 0.240 e. The Morgan fingerprint density at radius 2 is 2.24 bits per heavy atom. The van der Waals surface area contributed by atoms with Crippen LogP contribution < -0.4 is 0 Å². The van der Waals surface area contributed by atoms with Crippen LogP contribution >= 0.6 is 0 Å². The van der Waals surface area contributed by atoms with Crippen molar-refractivity contribution in [3.05, 3.63) is 24.4 Å². The quantitative estimate of drug-likeness (QED) is 0.829. The first-order chi connectivity index (χ1) is 10.4. The van der Waals surface area contributed by atoms with E-state index in [2.05, 4.69) is 25.1 Å². The summed E-state index contributed by atoms with van der Waals surface area (Å²) in [6, 6.07) is 0. The van der Waals surface area contributed by atoms with Gasteiger partial charge in [-0.15, -0.1) is 0 Å². The minimum absolute atomic E-state index is 0.559. The summed E-state index contributed by atoms with van der Waals surface area (Å²) in [5.41, 5.74) is 0. The van der Waals surface area contributed by atoms with Crippen molar-refractivity contribution in [1.82, 2.24) is 29.8 Å². The van der Waals surface area contributed by atoms with E-state index in [1.165, 1.54) is 25.7 Å². The summed E-state index contributed by atoms with van der Waals surface area (Å²) < 4.78 is 7.30. The molecule has 1 unspecified atom stereocenters. The maximum absolute atomic E-state index is 5.38. The topological polar surface area (TPSA) is 72.9 Å². The highest BCUT2D eigenvalue weighted by Crippen LogP contribution is 2.38. The highest BCUT2D eigenvalue weighted by atomic mass is 16.5. The zero-order chi connectivity index (χ0) is 14.1. The number of hydrogen-bond donors (Lipinski definition) is 0. The van der Waals surface area contributed by atoms with Gasteiger partial charge in [-0.3, -0.25) is 9.58 Å². The predicted molar refractivity (Wildman–Crippen MR) is 74.3 cm³/mol. The van der Waals surface area contributed by atoms with Gasteiger partial charge in [-0.2, -0.15) is 10.1 Å². The average molecular weight is 288 g/mol. The monoisotopic (exact) mass is 288 g/mol. The van der Waals surface area contributed by atoms with Gasteiger partial charge in [-0.25, -0.2) is 4.98 Å². The summed E-state index contributed by atoms with van der Waals surface area (Å²) in [5.74, 6) is 2.84. The molecule has 0 bridgehead atoms. The van der Waals surface area contributed by atoms with Crippen LogP contribution in [0.2, 0.25) is 0 Å². The third-order valence-corrected chi connectivity index (χ3v) is 4.30. The second-order valence-electron chi connectivity index (χ2n) is 6.18. The normalized spacial score (nSPS) is 23.5. The number of aromatic nitrogens is 5. The summed E-state index contributed by atoms with van der Waals surface area (Å²) in [6.45, 7) is 3.87. The first kappa shape index (κ1) is 12.9. The summed E-state index contributed by atoms with van der Waals surface area (Å²) in [4.78, 5) is 10.9. The van der Waals surface area contributed by atoms with Crippen LogP contribution in [-0.4, -0.2) is 42.9 Å². The molecule has 1 saturated carbocycles. The van der Waals surface area contributed by atoms with Crippen molar-refractivity contribution in [3.8, 4) is 0 Å². The van der Waals surface area contributed by atoms with Gasteiger partial charge in [-0.1, -0.05) is 5.16 Å². The largest absolute Gasteiger partial charge is 0.338 e. The van der Waals surface area contributed by atoms with E-state index in [0.29, 0.717) is 11.8 Å². The highest BCUT2D eigenvalue weighted by molar-refractivity contribution is 5.03. The number of nitrogens with zero attached hydrogens (tertiary/aromatic N) is 6. The molecule has 2 fully saturated rings. The Morgan fingerprint density at radius 3 is 3.05 bits per heavy atom. The van der Waals surface area contributed by atoms with E-state index in [9.17, 15) is 0 Å². The maximum Gasteiger partial charge on any atom is 0.240 e. The lowest BCUT2D eigenvalue weighted by Gasteiger charge is -2.31. The molecule has 7 nitrogen and oxygen atoms in total. The summed E-state index contributed by atoms with van der Waals surface area (Å²) in [7, 11) is 0. The van der Waals surface area contributed by atoms with Gasteiger partial charge in [0.2, 0.25) is 5.89 Å². The van der Waals surface area contributed by atoms with Gasteiger partial charge in [-0.05, 0) is 38.1 Å². The Kier molecular flexibility index (Phi) is 3.42. The lowest BCUT2D eigenvalue weighted by atomic mass is 9.98. The molecule has 21 heavy (non-hydrogen) atoms. The Hall–Kier alpha value is -1.76. The molecular weight excluding hydrogens is 268 g/mol. The number of likely N-dealkylation sites (tertiary alicyclic amines) is 1. The maximum atomic E-state index is 5.38. The van der Waals surface area contributed by atoms with E-state index in [1.807, 2.05) is 4.68 Å².